The smallest absolute Gasteiger partial charge is 0.191 e. The summed E-state index contributed by atoms with van der Waals surface area (Å²) in [7, 11) is 1.83. The fourth-order valence-corrected chi connectivity index (χ4v) is 3.47. The Morgan fingerprint density at radius 3 is 2.67 bits per heavy atom. The van der Waals surface area contributed by atoms with Crippen LogP contribution in [0.4, 0.5) is 0 Å². The molecule has 0 amide bonds. The van der Waals surface area contributed by atoms with Crippen LogP contribution in [0.5, 0.6) is 0 Å². The van der Waals surface area contributed by atoms with Crippen molar-refractivity contribution in [2.75, 3.05) is 13.6 Å². The Hall–Kier alpha value is -1.45. The Morgan fingerprint density at radius 2 is 2.19 bits per heavy atom. The highest BCUT2D eigenvalue weighted by Crippen LogP contribution is 2.56. The zero-order chi connectivity index (χ0) is 14.9. The molecule has 1 atom stereocenters. The largest absolute Gasteiger partial charge is 0.464 e. The van der Waals surface area contributed by atoms with Gasteiger partial charge in [-0.2, -0.15) is 0 Å². The number of furan rings is 1. The van der Waals surface area contributed by atoms with Gasteiger partial charge in [-0.25, -0.2) is 0 Å². The van der Waals surface area contributed by atoms with Gasteiger partial charge in [0.15, 0.2) is 5.96 Å². The van der Waals surface area contributed by atoms with E-state index in [9.17, 15) is 0 Å². The molecule has 0 aliphatic heterocycles. The van der Waals surface area contributed by atoms with Crippen LogP contribution in [0.15, 0.2) is 21.5 Å². The van der Waals surface area contributed by atoms with E-state index in [-0.39, 0.29) is 6.04 Å². The number of aliphatic imine (C=N–C) groups is 1. The van der Waals surface area contributed by atoms with E-state index >= 15 is 0 Å². The van der Waals surface area contributed by atoms with Crippen molar-refractivity contribution >= 4 is 5.96 Å². The average Bonchev–Trinajstić information content (AvgIpc) is 3.17. The molecule has 0 radical (unpaired) electrons. The number of rotatable bonds is 5. The second-order valence-corrected chi connectivity index (χ2v) is 6.73. The molecule has 3 rings (SSSR count). The second-order valence-electron chi connectivity index (χ2n) is 6.73. The Bertz CT molecular complexity index is 512. The molecule has 1 heterocycles. The quantitative estimate of drug-likeness (QED) is 0.645. The third kappa shape index (κ3) is 3.09. The molecule has 2 N–H and O–H groups in total. The topological polar surface area (TPSA) is 49.6 Å². The standard InChI is InChI=1S/C17H27N3O/c1-12-5-8-15(21-12)13(2)20-16(18-3)19-11-17(9-4-10-17)14-6-7-14/h5,8,13-14H,4,6-7,9-11H2,1-3H3,(H2,18,19,20). The maximum atomic E-state index is 5.67. The fraction of sp³-hybridized carbons (Fsp3) is 0.706. The minimum atomic E-state index is 0.128. The van der Waals surface area contributed by atoms with Gasteiger partial charge in [0.25, 0.3) is 0 Å². The predicted molar refractivity (Wildman–Crippen MR) is 85.4 cm³/mol. The highest BCUT2D eigenvalue weighted by molar-refractivity contribution is 5.80. The van der Waals surface area contributed by atoms with Gasteiger partial charge < -0.3 is 15.1 Å². The van der Waals surface area contributed by atoms with Crippen molar-refractivity contribution in [3.63, 3.8) is 0 Å². The molecule has 2 aliphatic rings. The van der Waals surface area contributed by atoms with E-state index in [2.05, 4.69) is 22.5 Å². The van der Waals surface area contributed by atoms with E-state index in [0.29, 0.717) is 5.41 Å². The highest BCUT2D eigenvalue weighted by Gasteiger charge is 2.48. The first-order chi connectivity index (χ1) is 10.1. The molecule has 1 unspecified atom stereocenters. The number of guanidine groups is 1. The van der Waals surface area contributed by atoms with Gasteiger partial charge >= 0.3 is 0 Å². The maximum absolute atomic E-state index is 5.67. The third-order valence-corrected chi connectivity index (χ3v) is 5.17. The van der Waals surface area contributed by atoms with Crippen LogP contribution in [0.1, 0.15) is 56.6 Å². The molecule has 1 aromatic rings. The zero-order valence-corrected chi connectivity index (χ0v) is 13.4. The van der Waals surface area contributed by atoms with Crippen LogP contribution in [0.25, 0.3) is 0 Å². The lowest BCUT2D eigenvalue weighted by Crippen LogP contribution is -2.47. The van der Waals surface area contributed by atoms with Gasteiger partial charge in [-0.1, -0.05) is 6.42 Å². The minimum absolute atomic E-state index is 0.128. The molecule has 0 aromatic carbocycles. The van der Waals surface area contributed by atoms with Crippen LogP contribution in [-0.2, 0) is 0 Å². The third-order valence-electron chi connectivity index (χ3n) is 5.17. The Morgan fingerprint density at radius 1 is 1.43 bits per heavy atom. The zero-order valence-electron chi connectivity index (χ0n) is 13.4. The molecule has 0 saturated heterocycles. The van der Waals surface area contributed by atoms with Gasteiger partial charge in [-0.3, -0.25) is 4.99 Å². The normalized spacial score (nSPS) is 22.5. The number of aryl methyl sites for hydroxylation is 1. The number of nitrogens with zero attached hydrogens (tertiary/aromatic N) is 1. The van der Waals surface area contributed by atoms with Gasteiger partial charge in [0, 0.05) is 13.6 Å². The van der Waals surface area contributed by atoms with E-state index in [1.54, 1.807) is 0 Å². The summed E-state index contributed by atoms with van der Waals surface area (Å²) in [6.07, 6.45) is 7.01. The number of hydrogen-bond acceptors (Lipinski definition) is 2. The molecular formula is C17H27N3O. The molecule has 0 spiro atoms. The lowest BCUT2D eigenvalue weighted by molar-refractivity contribution is 0.105. The van der Waals surface area contributed by atoms with Crippen LogP contribution in [0, 0.1) is 18.3 Å². The van der Waals surface area contributed by atoms with Crippen molar-refractivity contribution < 1.29 is 4.42 Å². The lowest BCUT2D eigenvalue weighted by Gasteiger charge is -2.43. The van der Waals surface area contributed by atoms with Gasteiger partial charge in [-0.15, -0.1) is 0 Å². The predicted octanol–water partition coefficient (Wildman–Crippen LogP) is 3.39. The van der Waals surface area contributed by atoms with Crippen molar-refractivity contribution in [3.05, 3.63) is 23.7 Å². The number of nitrogens with one attached hydrogen (secondary N) is 2. The van der Waals surface area contributed by atoms with Crippen molar-refractivity contribution in [2.45, 2.75) is 52.0 Å². The second kappa shape index (κ2) is 5.74. The monoisotopic (exact) mass is 289 g/mol. The summed E-state index contributed by atoms with van der Waals surface area (Å²) in [6, 6.07) is 4.15. The molecule has 2 saturated carbocycles. The Labute approximate surface area is 127 Å². The van der Waals surface area contributed by atoms with Crippen molar-refractivity contribution in [3.8, 4) is 0 Å². The molecule has 2 fully saturated rings. The molecule has 4 nitrogen and oxygen atoms in total. The van der Waals surface area contributed by atoms with Gasteiger partial charge in [0.05, 0.1) is 6.04 Å². The first kappa shape index (κ1) is 14.5. The van der Waals surface area contributed by atoms with E-state index < -0.39 is 0 Å². The summed E-state index contributed by atoms with van der Waals surface area (Å²) in [5.41, 5.74) is 0.558. The summed E-state index contributed by atoms with van der Waals surface area (Å²) in [5.74, 6) is 3.74. The first-order valence-electron chi connectivity index (χ1n) is 8.16. The lowest BCUT2D eigenvalue weighted by atomic mass is 9.65. The molecule has 116 valence electrons. The fourth-order valence-electron chi connectivity index (χ4n) is 3.47. The summed E-state index contributed by atoms with van der Waals surface area (Å²) < 4.78 is 5.67. The van der Waals surface area contributed by atoms with Crippen molar-refractivity contribution in [2.24, 2.45) is 16.3 Å². The van der Waals surface area contributed by atoms with Crippen LogP contribution in [-0.4, -0.2) is 19.6 Å². The Kier molecular flexibility index (Phi) is 3.96. The van der Waals surface area contributed by atoms with Crippen molar-refractivity contribution in [1.29, 1.82) is 0 Å². The van der Waals surface area contributed by atoms with Gasteiger partial charge in [0.1, 0.15) is 11.5 Å². The number of hydrogen-bond donors (Lipinski definition) is 2. The molecule has 2 aliphatic carbocycles. The van der Waals surface area contributed by atoms with E-state index in [1.165, 1.54) is 32.1 Å². The van der Waals surface area contributed by atoms with Crippen molar-refractivity contribution in [1.82, 2.24) is 10.6 Å². The van der Waals surface area contributed by atoms with Crippen LogP contribution < -0.4 is 10.6 Å². The first-order valence-corrected chi connectivity index (χ1v) is 8.16. The summed E-state index contributed by atoms with van der Waals surface area (Å²) in [4.78, 5) is 4.35. The van der Waals surface area contributed by atoms with Crippen LogP contribution >= 0.6 is 0 Å². The maximum Gasteiger partial charge on any atom is 0.191 e. The highest BCUT2D eigenvalue weighted by atomic mass is 16.3. The molecule has 21 heavy (non-hydrogen) atoms. The molecular weight excluding hydrogens is 262 g/mol. The minimum Gasteiger partial charge on any atom is -0.464 e. The van der Waals surface area contributed by atoms with Crippen LogP contribution in [0.2, 0.25) is 0 Å². The van der Waals surface area contributed by atoms with E-state index in [0.717, 1.165) is 29.9 Å². The SMILES string of the molecule is CN=C(NCC1(C2CC2)CCC1)NC(C)c1ccc(C)o1. The summed E-state index contributed by atoms with van der Waals surface area (Å²) in [6.45, 7) is 5.13. The molecule has 4 heteroatoms. The molecule has 1 aromatic heterocycles. The van der Waals surface area contributed by atoms with Gasteiger partial charge in [0.2, 0.25) is 0 Å². The summed E-state index contributed by atoms with van der Waals surface area (Å²) in [5, 5.41) is 6.96. The summed E-state index contributed by atoms with van der Waals surface area (Å²) >= 11 is 0. The van der Waals surface area contributed by atoms with E-state index in [4.69, 9.17) is 4.42 Å². The Balaban J connectivity index is 1.53. The van der Waals surface area contributed by atoms with E-state index in [1.807, 2.05) is 26.1 Å². The van der Waals surface area contributed by atoms with Crippen LogP contribution in [0.3, 0.4) is 0 Å². The molecule has 0 bridgehead atoms. The average molecular weight is 289 g/mol. The van der Waals surface area contributed by atoms with Gasteiger partial charge in [-0.05, 0) is 63.0 Å².